The summed E-state index contributed by atoms with van der Waals surface area (Å²) in [6.07, 6.45) is 0. The van der Waals surface area contributed by atoms with Gasteiger partial charge in [0, 0.05) is 11.3 Å². The second-order valence-electron chi connectivity index (χ2n) is 4.41. The van der Waals surface area contributed by atoms with Crippen molar-refractivity contribution in [1.29, 1.82) is 0 Å². The maximum atomic E-state index is 12.3. The van der Waals surface area contributed by atoms with Crippen LogP contribution in [0.15, 0.2) is 36.4 Å². The zero-order valence-corrected chi connectivity index (χ0v) is 12.5. The van der Waals surface area contributed by atoms with Crippen molar-refractivity contribution >= 4 is 11.6 Å². The number of benzene rings is 2. The Hall–Kier alpha value is -2.89. The SMILES string of the molecule is COc1ccc(NC(=O)c2cc(OC)c(O)c(OC)c2)cc1. The number of phenolic OH excluding ortho intramolecular Hbond substituents is 1. The van der Waals surface area contributed by atoms with Gasteiger partial charge in [-0.3, -0.25) is 4.79 Å². The summed E-state index contributed by atoms with van der Waals surface area (Å²) in [6, 6.07) is 9.83. The third-order valence-electron chi connectivity index (χ3n) is 3.09. The Kier molecular flexibility index (Phi) is 4.73. The Morgan fingerprint density at radius 2 is 1.50 bits per heavy atom. The molecule has 0 aliphatic carbocycles. The molecule has 2 rings (SSSR count). The first-order chi connectivity index (χ1) is 10.6. The molecule has 0 radical (unpaired) electrons. The molecule has 1 amide bonds. The second-order valence-corrected chi connectivity index (χ2v) is 4.41. The molecule has 116 valence electrons. The van der Waals surface area contributed by atoms with Gasteiger partial charge in [0.2, 0.25) is 5.75 Å². The van der Waals surface area contributed by atoms with Crippen LogP contribution in [-0.4, -0.2) is 32.3 Å². The van der Waals surface area contributed by atoms with E-state index in [0.29, 0.717) is 17.0 Å². The van der Waals surface area contributed by atoms with Crippen LogP contribution in [0.3, 0.4) is 0 Å². The van der Waals surface area contributed by atoms with E-state index in [0.717, 1.165) is 0 Å². The normalized spacial score (nSPS) is 9.95. The molecule has 22 heavy (non-hydrogen) atoms. The number of rotatable bonds is 5. The molecule has 0 fully saturated rings. The summed E-state index contributed by atoms with van der Waals surface area (Å²) < 4.78 is 15.1. The lowest BCUT2D eigenvalue weighted by molar-refractivity contribution is 0.102. The van der Waals surface area contributed by atoms with E-state index in [1.807, 2.05) is 0 Å². The molecule has 6 heteroatoms. The van der Waals surface area contributed by atoms with E-state index in [9.17, 15) is 9.90 Å². The lowest BCUT2D eigenvalue weighted by Crippen LogP contribution is -2.12. The number of hydrogen-bond acceptors (Lipinski definition) is 5. The molecule has 2 aromatic carbocycles. The highest BCUT2D eigenvalue weighted by Gasteiger charge is 2.15. The molecule has 0 bridgehead atoms. The molecule has 6 nitrogen and oxygen atoms in total. The Balaban J connectivity index is 2.24. The van der Waals surface area contributed by atoms with Gasteiger partial charge in [0.1, 0.15) is 5.75 Å². The van der Waals surface area contributed by atoms with Gasteiger partial charge in [0.05, 0.1) is 21.3 Å². The minimum atomic E-state index is -0.346. The monoisotopic (exact) mass is 303 g/mol. The topological polar surface area (TPSA) is 77.0 Å². The predicted molar refractivity (Wildman–Crippen MR) is 82.2 cm³/mol. The Labute approximate surface area is 128 Å². The molecule has 0 aromatic heterocycles. The van der Waals surface area contributed by atoms with Crippen LogP contribution in [0.25, 0.3) is 0 Å². The van der Waals surface area contributed by atoms with Gasteiger partial charge in [-0.15, -0.1) is 0 Å². The van der Waals surface area contributed by atoms with Gasteiger partial charge in [0.15, 0.2) is 11.5 Å². The van der Waals surface area contributed by atoms with E-state index < -0.39 is 0 Å². The van der Waals surface area contributed by atoms with Gasteiger partial charge < -0.3 is 24.6 Å². The van der Waals surface area contributed by atoms with Crippen molar-refractivity contribution in [2.45, 2.75) is 0 Å². The number of anilines is 1. The lowest BCUT2D eigenvalue weighted by atomic mass is 10.1. The quantitative estimate of drug-likeness (QED) is 0.888. The molecular weight excluding hydrogens is 286 g/mol. The van der Waals surface area contributed by atoms with Gasteiger partial charge in [-0.2, -0.15) is 0 Å². The maximum absolute atomic E-state index is 12.3. The first kappa shape index (κ1) is 15.5. The fraction of sp³-hybridized carbons (Fsp3) is 0.188. The Morgan fingerprint density at radius 1 is 0.955 bits per heavy atom. The third-order valence-corrected chi connectivity index (χ3v) is 3.09. The summed E-state index contributed by atoms with van der Waals surface area (Å²) in [4.78, 5) is 12.3. The molecule has 0 heterocycles. The highest BCUT2D eigenvalue weighted by Crippen LogP contribution is 2.37. The lowest BCUT2D eigenvalue weighted by Gasteiger charge is -2.11. The van der Waals surface area contributed by atoms with E-state index >= 15 is 0 Å². The smallest absolute Gasteiger partial charge is 0.255 e. The Bertz CT molecular complexity index is 642. The highest BCUT2D eigenvalue weighted by molar-refractivity contribution is 6.05. The number of hydrogen-bond donors (Lipinski definition) is 2. The average Bonchev–Trinajstić information content (AvgIpc) is 2.55. The van der Waals surface area contributed by atoms with Crippen LogP contribution in [0.2, 0.25) is 0 Å². The highest BCUT2D eigenvalue weighted by atomic mass is 16.5. The molecule has 0 saturated heterocycles. The van der Waals surface area contributed by atoms with Crippen molar-refractivity contribution in [2.75, 3.05) is 26.6 Å². The van der Waals surface area contributed by atoms with Crippen LogP contribution in [0.5, 0.6) is 23.0 Å². The van der Waals surface area contributed by atoms with Crippen LogP contribution in [0.1, 0.15) is 10.4 Å². The van der Waals surface area contributed by atoms with Gasteiger partial charge >= 0.3 is 0 Å². The fourth-order valence-corrected chi connectivity index (χ4v) is 1.90. The number of carbonyl (C=O) groups excluding carboxylic acids is 1. The number of carbonyl (C=O) groups is 1. The first-order valence-corrected chi connectivity index (χ1v) is 6.49. The van der Waals surface area contributed by atoms with E-state index in [1.54, 1.807) is 31.4 Å². The number of aromatic hydroxyl groups is 1. The molecular formula is C16H17NO5. The average molecular weight is 303 g/mol. The standard InChI is InChI=1S/C16H17NO5/c1-20-12-6-4-11(5-7-12)17-16(19)10-8-13(21-2)15(18)14(9-10)22-3/h4-9,18H,1-3H3,(H,17,19). The minimum Gasteiger partial charge on any atom is -0.502 e. The molecule has 2 N–H and O–H groups in total. The summed E-state index contributed by atoms with van der Waals surface area (Å²) in [6.45, 7) is 0. The van der Waals surface area contributed by atoms with Gasteiger partial charge in [-0.1, -0.05) is 0 Å². The van der Waals surface area contributed by atoms with E-state index in [4.69, 9.17) is 14.2 Å². The molecule has 0 saturated carbocycles. The fourth-order valence-electron chi connectivity index (χ4n) is 1.90. The van der Waals surface area contributed by atoms with Crippen molar-refractivity contribution < 1.29 is 24.1 Å². The molecule has 0 aliphatic rings. The summed E-state index contributed by atoms with van der Waals surface area (Å²) in [5.41, 5.74) is 0.930. The Morgan fingerprint density at radius 3 is 1.95 bits per heavy atom. The molecule has 0 aliphatic heterocycles. The zero-order chi connectivity index (χ0) is 16.1. The second kappa shape index (κ2) is 6.71. The zero-order valence-electron chi connectivity index (χ0n) is 12.5. The minimum absolute atomic E-state index is 0.147. The van der Waals surface area contributed by atoms with Crippen LogP contribution < -0.4 is 19.5 Å². The number of phenols is 1. The first-order valence-electron chi connectivity index (χ1n) is 6.49. The van der Waals surface area contributed by atoms with Crippen LogP contribution in [-0.2, 0) is 0 Å². The molecule has 0 atom stereocenters. The summed E-state index contributed by atoms with van der Waals surface area (Å²) in [5, 5.41) is 12.6. The van der Waals surface area contributed by atoms with E-state index in [1.165, 1.54) is 26.4 Å². The van der Waals surface area contributed by atoms with Gasteiger partial charge in [0.25, 0.3) is 5.91 Å². The number of amides is 1. The molecule has 0 unspecified atom stereocenters. The molecule has 2 aromatic rings. The van der Waals surface area contributed by atoms with E-state index in [2.05, 4.69) is 5.32 Å². The summed E-state index contributed by atoms with van der Waals surface area (Å²) in [7, 11) is 4.38. The van der Waals surface area contributed by atoms with Crippen molar-refractivity contribution in [3.63, 3.8) is 0 Å². The van der Waals surface area contributed by atoms with Crippen molar-refractivity contribution in [3.05, 3.63) is 42.0 Å². The van der Waals surface area contributed by atoms with E-state index in [-0.39, 0.29) is 23.2 Å². The summed E-state index contributed by atoms with van der Waals surface area (Å²) in [5.74, 6) is 0.539. The number of methoxy groups -OCH3 is 3. The van der Waals surface area contributed by atoms with Crippen molar-refractivity contribution in [2.24, 2.45) is 0 Å². The van der Waals surface area contributed by atoms with Crippen molar-refractivity contribution in [3.8, 4) is 23.0 Å². The van der Waals surface area contributed by atoms with Crippen molar-refractivity contribution in [1.82, 2.24) is 0 Å². The van der Waals surface area contributed by atoms with Crippen LogP contribution >= 0.6 is 0 Å². The largest absolute Gasteiger partial charge is 0.502 e. The summed E-state index contributed by atoms with van der Waals surface area (Å²) >= 11 is 0. The number of nitrogens with one attached hydrogen (secondary N) is 1. The molecule has 0 spiro atoms. The maximum Gasteiger partial charge on any atom is 0.255 e. The van der Waals surface area contributed by atoms with Gasteiger partial charge in [-0.25, -0.2) is 0 Å². The number of ether oxygens (including phenoxy) is 3. The third kappa shape index (κ3) is 3.22. The van der Waals surface area contributed by atoms with Gasteiger partial charge in [-0.05, 0) is 36.4 Å². The van der Waals surface area contributed by atoms with Crippen LogP contribution in [0, 0.1) is 0 Å². The predicted octanol–water partition coefficient (Wildman–Crippen LogP) is 2.67. The van der Waals surface area contributed by atoms with Crippen LogP contribution in [0.4, 0.5) is 5.69 Å².